The molecule has 2 aliphatic rings. The molecule has 2 aliphatic heterocycles. The van der Waals surface area contributed by atoms with Crippen LogP contribution in [0.1, 0.15) is 34.3 Å². The standard InChI is InChI=1S/C30H28F3N5O3/c1-40-25-15-18(30(31,32)33)5-6-20(25)21-4-2-3-17-16-35-29(38-26(17)21)37-24-8-7-23(22-11-14-41-27(22)24)28(39)36-19-9-12-34-13-10-19/h2-8,15-16,19,34H,9-14H2,1H3,(H,36,39)(H,35,37,38). The van der Waals surface area contributed by atoms with Gasteiger partial charge in [0.05, 0.1) is 30.5 Å². The normalized spacial score (nSPS) is 15.3. The molecule has 0 unspecified atom stereocenters. The number of nitrogens with zero attached hydrogens (tertiary/aromatic N) is 2. The summed E-state index contributed by atoms with van der Waals surface area (Å²) in [7, 11) is 1.34. The van der Waals surface area contributed by atoms with Gasteiger partial charge in [0.25, 0.3) is 5.91 Å². The highest BCUT2D eigenvalue weighted by Crippen LogP contribution is 2.40. The largest absolute Gasteiger partial charge is 0.496 e. The molecule has 3 aromatic carbocycles. The van der Waals surface area contributed by atoms with Crippen molar-refractivity contribution in [1.29, 1.82) is 0 Å². The molecule has 1 saturated heterocycles. The zero-order chi connectivity index (χ0) is 28.6. The van der Waals surface area contributed by atoms with E-state index in [1.165, 1.54) is 13.2 Å². The second kappa shape index (κ2) is 10.9. The molecule has 0 spiro atoms. The Hall–Kier alpha value is -4.38. The van der Waals surface area contributed by atoms with Gasteiger partial charge in [0.2, 0.25) is 5.95 Å². The number of halogens is 3. The molecule has 1 amide bonds. The van der Waals surface area contributed by atoms with Crippen molar-refractivity contribution >= 4 is 28.4 Å². The number of amides is 1. The van der Waals surface area contributed by atoms with Gasteiger partial charge in [0.15, 0.2) is 0 Å². The molecule has 11 heteroatoms. The number of para-hydroxylation sites is 1. The van der Waals surface area contributed by atoms with Gasteiger partial charge in [-0.15, -0.1) is 0 Å². The summed E-state index contributed by atoms with van der Waals surface area (Å²) < 4.78 is 51.1. The van der Waals surface area contributed by atoms with E-state index in [0.29, 0.717) is 52.1 Å². The minimum absolute atomic E-state index is 0.0880. The third-order valence-corrected chi connectivity index (χ3v) is 7.45. The van der Waals surface area contributed by atoms with Gasteiger partial charge >= 0.3 is 6.18 Å². The fraction of sp³-hybridized carbons (Fsp3) is 0.300. The van der Waals surface area contributed by atoms with Crippen LogP contribution in [0.3, 0.4) is 0 Å². The van der Waals surface area contributed by atoms with Crippen LogP contribution in [0, 0.1) is 0 Å². The summed E-state index contributed by atoms with van der Waals surface area (Å²) in [5.74, 6) is 0.845. The fourth-order valence-electron chi connectivity index (χ4n) is 5.38. The van der Waals surface area contributed by atoms with Gasteiger partial charge in [-0.2, -0.15) is 13.2 Å². The zero-order valence-electron chi connectivity index (χ0n) is 22.3. The first kappa shape index (κ1) is 26.8. The minimum Gasteiger partial charge on any atom is -0.496 e. The Morgan fingerprint density at radius 1 is 1.10 bits per heavy atom. The van der Waals surface area contributed by atoms with Crippen molar-refractivity contribution in [3.8, 4) is 22.6 Å². The fourth-order valence-corrected chi connectivity index (χ4v) is 5.38. The molecule has 3 heterocycles. The Labute approximate surface area is 234 Å². The van der Waals surface area contributed by atoms with Gasteiger partial charge in [-0.25, -0.2) is 9.97 Å². The molecule has 6 rings (SSSR count). The van der Waals surface area contributed by atoms with Crippen molar-refractivity contribution < 1.29 is 27.4 Å². The number of benzene rings is 3. The predicted molar refractivity (Wildman–Crippen MR) is 149 cm³/mol. The van der Waals surface area contributed by atoms with E-state index >= 15 is 0 Å². The molecule has 1 aromatic heterocycles. The van der Waals surface area contributed by atoms with Crippen LogP contribution in [-0.4, -0.2) is 48.7 Å². The maximum atomic E-state index is 13.3. The molecule has 212 valence electrons. The van der Waals surface area contributed by atoms with E-state index in [4.69, 9.17) is 14.5 Å². The van der Waals surface area contributed by atoms with E-state index in [9.17, 15) is 18.0 Å². The monoisotopic (exact) mass is 563 g/mol. The number of carbonyl (C=O) groups excluding carboxylic acids is 1. The Morgan fingerprint density at radius 2 is 1.93 bits per heavy atom. The number of aromatic nitrogens is 2. The molecule has 0 atom stereocenters. The number of alkyl halides is 3. The summed E-state index contributed by atoms with van der Waals surface area (Å²) in [5.41, 5.74) is 2.87. The average Bonchev–Trinajstić information content (AvgIpc) is 3.47. The molecule has 8 nitrogen and oxygen atoms in total. The highest BCUT2D eigenvalue weighted by atomic mass is 19.4. The number of piperidine rings is 1. The van der Waals surface area contributed by atoms with Gasteiger partial charge in [0, 0.05) is 46.3 Å². The third kappa shape index (κ3) is 5.37. The number of nitrogens with one attached hydrogen (secondary N) is 3. The molecule has 41 heavy (non-hydrogen) atoms. The lowest BCUT2D eigenvalue weighted by molar-refractivity contribution is -0.137. The molecule has 0 saturated carbocycles. The number of ether oxygens (including phenoxy) is 2. The van der Waals surface area contributed by atoms with E-state index in [1.54, 1.807) is 30.5 Å². The molecular weight excluding hydrogens is 535 g/mol. The Bertz CT molecular complexity index is 1620. The van der Waals surface area contributed by atoms with Gasteiger partial charge < -0.3 is 25.4 Å². The van der Waals surface area contributed by atoms with Crippen LogP contribution < -0.4 is 25.4 Å². The van der Waals surface area contributed by atoms with Crippen LogP contribution in [0.15, 0.2) is 54.7 Å². The van der Waals surface area contributed by atoms with Crippen molar-refractivity contribution in [2.75, 3.05) is 32.1 Å². The number of anilines is 2. The van der Waals surface area contributed by atoms with E-state index in [0.717, 1.165) is 43.6 Å². The molecule has 3 N–H and O–H groups in total. The van der Waals surface area contributed by atoms with Crippen LogP contribution in [-0.2, 0) is 12.6 Å². The highest BCUT2D eigenvalue weighted by Gasteiger charge is 2.31. The Balaban J connectivity index is 1.32. The molecule has 1 fully saturated rings. The van der Waals surface area contributed by atoms with E-state index in [-0.39, 0.29) is 23.6 Å². The van der Waals surface area contributed by atoms with Gasteiger partial charge in [-0.3, -0.25) is 4.79 Å². The van der Waals surface area contributed by atoms with Crippen LogP contribution in [0.5, 0.6) is 11.5 Å². The summed E-state index contributed by atoms with van der Waals surface area (Å²) in [6, 6.07) is 12.5. The van der Waals surface area contributed by atoms with Crippen molar-refractivity contribution in [2.45, 2.75) is 31.5 Å². The summed E-state index contributed by atoms with van der Waals surface area (Å²) in [5, 5.41) is 10.4. The van der Waals surface area contributed by atoms with Crippen molar-refractivity contribution in [1.82, 2.24) is 20.6 Å². The smallest absolute Gasteiger partial charge is 0.416 e. The molecule has 0 aliphatic carbocycles. The lowest BCUT2D eigenvalue weighted by Crippen LogP contribution is -2.42. The van der Waals surface area contributed by atoms with Crippen LogP contribution in [0.2, 0.25) is 0 Å². The quantitative estimate of drug-likeness (QED) is 0.286. The SMILES string of the molecule is COc1cc(C(F)(F)F)ccc1-c1cccc2cnc(Nc3ccc(C(=O)NC4CCNCC4)c4c3OCC4)nc12. The maximum Gasteiger partial charge on any atom is 0.416 e. The van der Waals surface area contributed by atoms with E-state index in [1.807, 2.05) is 6.07 Å². The average molecular weight is 564 g/mol. The molecule has 4 aromatic rings. The van der Waals surface area contributed by atoms with Crippen LogP contribution in [0.4, 0.5) is 24.8 Å². The number of hydrogen-bond acceptors (Lipinski definition) is 7. The molecule has 0 bridgehead atoms. The first-order chi connectivity index (χ1) is 19.8. The molecule has 0 radical (unpaired) electrons. The van der Waals surface area contributed by atoms with Crippen molar-refractivity contribution in [2.24, 2.45) is 0 Å². The van der Waals surface area contributed by atoms with Crippen LogP contribution >= 0.6 is 0 Å². The Kier molecular flexibility index (Phi) is 7.12. The minimum atomic E-state index is -4.49. The number of rotatable bonds is 6. The highest BCUT2D eigenvalue weighted by molar-refractivity contribution is 5.98. The predicted octanol–water partition coefficient (Wildman–Crippen LogP) is 5.48. The zero-order valence-corrected chi connectivity index (χ0v) is 22.3. The first-order valence-corrected chi connectivity index (χ1v) is 13.4. The van der Waals surface area contributed by atoms with Gasteiger partial charge in [0.1, 0.15) is 11.5 Å². The summed E-state index contributed by atoms with van der Waals surface area (Å²) >= 11 is 0. The second-order valence-corrected chi connectivity index (χ2v) is 10.0. The van der Waals surface area contributed by atoms with E-state index < -0.39 is 11.7 Å². The topological polar surface area (TPSA) is 97.4 Å². The van der Waals surface area contributed by atoms with E-state index in [2.05, 4.69) is 20.9 Å². The van der Waals surface area contributed by atoms with Gasteiger partial charge in [-0.1, -0.05) is 18.2 Å². The summed E-state index contributed by atoms with van der Waals surface area (Å²) in [6.45, 7) is 2.22. The van der Waals surface area contributed by atoms with Gasteiger partial charge in [-0.05, 0) is 56.3 Å². The number of fused-ring (bicyclic) bond motifs is 2. The number of methoxy groups -OCH3 is 1. The lowest BCUT2D eigenvalue weighted by Gasteiger charge is -2.24. The third-order valence-electron chi connectivity index (χ3n) is 7.45. The number of hydrogen-bond donors (Lipinski definition) is 3. The lowest BCUT2D eigenvalue weighted by atomic mass is 10.00. The first-order valence-electron chi connectivity index (χ1n) is 13.4. The van der Waals surface area contributed by atoms with Crippen molar-refractivity contribution in [3.05, 3.63) is 71.4 Å². The number of carbonyl (C=O) groups is 1. The summed E-state index contributed by atoms with van der Waals surface area (Å²) in [6.07, 6.45) is -0.452. The summed E-state index contributed by atoms with van der Waals surface area (Å²) in [4.78, 5) is 22.2. The molecular formula is C30H28F3N5O3. The van der Waals surface area contributed by atoms with Crippen molar-refractivity contribution in [3.63, 3.8) is 0 Å². The van der Waals surface area contributed by atoms with Crippen LogP contribution in [0.25, 0.3) is 22.0 Å². The Morgan fingerprint density at radius 3 is 2.71 bits per heavy atom. The maximum absolute atomic E-state index is 13.3. The second-order valence-electron chi connectivity index (χ2n) is 10.0.